The molecule has 0 radical (unpaired) electrons. The standard InChI is InChI=1S/C16H14N4/c17-13-5-1-11(2-6-13)15-16(20-10-9-19-15)12-3-7-14(18)8-4-12/h1-10H,17-18H2. The maximum Gasteiger partial charge on any atom is 0.0965 e. The third-order valence-electron chi connectivity index (χ3n) is 3.07. The molecule has 4 N–H and O–H groups in total. The van der Waals surface area contributed by atoms with E-state index in [4.69, 9.17) is 11.5 Å². The lowest BCUT2D eigenvalue weighted by Crippen LogP contribution is -1.93. The maximum atomic E-state index is 5.72. The Morgan fingerprint density at radius 3 is 1.25 bits per heavy atom. The minimum atomic E-state index is 0.728. The van der Waals surface area contributed by atoms with E-state index in [1.807, 2.05) is 48.5 Å². The van der Waals surface area contributed by atoms with Crippen molar-refractivity contribution in [2.24, 2.45) is 0 Å². The first-order valence-electron chi connectivity index (χ1n) is 6.27. The van der Waals surface area contributed by atoms with Gasteiger partial charge in [0, 0.05) is 34.9 Å². The topological polar surface area (TPSA) is 77.8 Å². The lowest BCUT2D eigenvalue weighted by atomic mass is 10.0. The zero-order valence-corrected chi connectivity index (χ0v) is 10.8. The summed E-state index contributed by atoms with van der Waals surface area (Å²) in [5.41, 5.74) is 16.5. The molecule has 3 rings (SSSR count). The third-order valence-corrected chi connectivity index (χ3v) is 3.07. The lowest BCUT2D eigenvalue weighted by molar-refractivity contribution is 1.21. The van der Waals surface area contributed by atoms with Crippen molar-refractivity contribution < 1.29 is 0 Å². The predicted molar refractivity (Wildman–Crippen MR) is 81.7 cm³/mol. The number of aromatic nitrogens is 2. The summed E-state index contributed by atoms with van der Waals surface area (Å²) in [5.74, 6) is 0. The van der Waals surface area contributed by atoms with Gasteiger partial charge in [-0.2, -0.15) is 0 Å². The smallest absolute Gasteiger partial charge is 0.0965 e. The molecule has 0 saturated carbocycles. The van der Waals surface area contributed by atoms with Crippen molar-refractivity contribution >= 4 is 11.4 Å². The molecule has 0 fully saturated rings. The molecule has 20 heavy (non-hydrogen) atoms. The molecule has 2 aromatic carbocycles. The van der Waals surface area contributed by atoms with Gasteiger partial charge in [-0.3, -0.25) is 9.97 Å². The Kier molecular flexibility index (Phi) is 3.05. The minimum Gasteiger partial charge on any atom is -0.399 e. The molecular formula is C16H14N4. The number of anilines is 2. The summed E-state index contributed by atoms with van der Waals surface area (Å²) >= 11 is 0. The molecule has 4 heteroatoms. The van der Waals surface area contributed by atoms with E-state index in [9.17, 15) is 0 Å². The molecule has 0 aliphatic rings. The second-order valence-electron chi connectivity index (χ2n) is 4.50. The fraction of sp³-hybridized carbons (Fsp3) is 0. The first-order chi connectivity index (χ1) is 9.74. The molecular weight excluding hydrogens is 248 g/mol. The fourth-order valence-corrected chi connectivity index (χ4v) is 2.04. The van der Waals surface area contributed by atoms with Crippen molar-refractivity contribution in [3.8, 4) is 22.5 Å². The van der Waals surface area contributed by atoms with Crippen LogP contribution in [0.3, 0.4) is 0 Å². The predicted octanol–water partition coefficient (Wildman–Crippen LogP) is 2.98. The van der Waals surface area contributed by atoms with Crippen LogP contribution in [0.2, 0.25) is 0 Å². The van der Waals surface area contributed by atoms with E-state index in [0.29, 0.717) is 0 Å². The zero-order chi connectivity index (χ0) is 13.9. The van der Waals surface area contributed by atoms with Crippen LogP contribution < -0.4 is 11.5 Å². The van der Waals surface area contributed by atoms with Crippen LogP contribution in [0.15, 0.2) is 60.9 Å². The summed E-state index contributed by atoms with van der Waals surface area (Å²) in [5, 5.41) is 0. The summed E-state index contributed by atoms with van der Waals surface area (Å²) in [7, 11) is 0. The van der Waals surface area contributed by atoms with Gasteiger partial charge in [0.25, 0.3) is 0 Å². The Morgan fingerprint density at radius 2 is 0.900 bits per heavy atom. The molecule has 0 amide bonds. The van der Waals surface area contributed by atoms with E-state index >= 15 is 0 Å². The number of hydrogen-bond acceptors (Lipinski definition) is 4. The molecule has 0 bridgehead atoms. The van der Waals surface area contributed by atoms with Crippen molar-refractivity contribution in [2.75, 3.05) is 11.5 Å². The van der Waals surface area contributed by atoms with Crippen molar-refractivity contribution in [1.82, 2.24) is 9.97 Å². The molecule has 0 saturated heterocycles. The van der Waals surface area contributed by atoms with Crippen molar-refractivity contribution in [3.05, 3.63) is 60.9 Å². The molecule has 0 unspecified atom stereocenters. The second kappa shape index (κ2) is 5.01. The molecule has 0 spiro atoms. The number of benzene rings is 2. The van der Waals surface area contributed by atoms with Crippen LogP contribution in [0.1, 0.15) is 0 Å². The van der Waals surface area contributed by atoms with Gasteiger partial charge in [0.2, 0.25) is 0 Å². The Hall–Kier alpha value is -2.88. The van der Waals surface area contributed by atoms with E-state index in [0.717, 1.165) is 33.9 Å². The maximum absolute atomic E-state index is 5.72. The number of rotatable bonds is 2. The minimum absolute atomic E-state index is 0.728. The van der Waals surface area contributed by atoms with Crippen LogP contribution >= 0.6 is 0 Å². The Morgan fingerprint density at radius 1 is 0.550 bits per heavy atom. The van der Waals surface area contributed by atoms with Gasteiger partial charge in [0.15, 0.2) is 0 Å². The molecule has 4 nitrogen and oxygen atoms in total. The molecule has 0 aliphatic heterocycles. The first-order valence-corrected chi connectivity index (χ1v) is 6.27. The highest BCUT2D eigenvalue weighted by atomic mass is 14.8. The van der Waals surface area contributed by atoms with E-state index in [1.54, 1.807) is 12.4 Å². The Labute approximate surface area is 117 Å². The van der Waals surface area contributed by atoms with Crippen molar-refractivity contribution in [2.45, 2.75) is 0 Å². The average molecular weight is 262 g/mol. The highest BCUT2D eigenvalue weighted by Crippen LogP contribution is 2.28. The van der Waals surface area contributed by atoms with Gasteiger partial charge in [-0.25, -0.2) is 0 Å². The molecule has 98 valence electrons. The SMILES string of the molecule is Nc1ccc(-c2nccnc2-c2ccc(N)cc2)cc1. The van der Waals surface area contributed by atoms with Gasteiger partial charge in [-0.1, -0.05) is 24.3 Å². The molecule has 0 atom stereocenters. The molecule has 0 aliphatic carbocycles. The summed E-state index contributed by atoms with van der Waals surface area (Å²) in [6, 6.07) is 15.2. The quantitative estimate of drug-likeness (QED) is 0.696. The zero-order valence-electron chi connectivity index (χ0n) is 10.8. The van der Waals surface area contributed by atoms with Gasteiger partial charge >= 0.3 is 0 Å². The molecule has 1 aromatic heterocycles. The molecule has 3 aromatic rings. The summed E-state index contributed by atoms with van der Waals surface area (Å²) in [6.45, 7) is 0. The first kappa shape index (κ1) is 12.2. The van der Waals surface area contributed by atoms with Gasteiger partial charge in [0.05, 0.1) is 11.4 Å². The van der Waals surface area contributed by atoms with E-state index in [-0.39, 0.29) is 0 Å². The van der Waals surface area contributed by atoms with Gasteiger partial charge in [-0.05, 0) is 24.3 Å². The van der Waals surface area contributed by atoms with Gasteiger partial charge in [0.1, 0.15) is 0 Å². The van der Waals surface area contributed by atoms with Crippen LogP contribution in [0.4, 0.5) is 11.4 Å². The summed E-state index contributed by atoms with van der Waals surface area (Å²) in [6.07, 6.45) is 3.37. The number of nitrogen functional groups attached to an aromatic ring is 2. The van der Waals surface area contributed by atoms with Crippen LogP contribution in [0, 0.1) is 0 Å². The van der Waals surface area contributed by atoms with Crippen LogP contribution in [-0.2, 0) is 0 Å². The van der Waals surface area contributed by atoms with E-state index in [1.165, 1.54) is 0 Å². The monoisotopic (exact) mass is 262 g/mol. The normalized spacial score (nSPS) is 10.4. The highest BCUT2D eigenvalue weighted by molar-refractivity contribution is 5.78. The fourth-order valence-electron chi connectivity index (χ4n) is 2.04. The van der Waals surface area contributed by atoms with Crippen molar-refractivity contribution in [1.29, 1.82) is 0 Å². The van der Waals surface area contributed by atoms with E-state index < -0.39 is 0 Å². The van der Waals surface area contributed by atoms with Crippen LogP contribution in [0.5, 0.6) is 0 Å². The number of nitrogens with zero attached hydrogens (tertiary/aromatic N) is 2. The van der Waals surface area contributed by atoms with E-state index in [2.05, 4.69) is 9.97 Å². The number of nitrogens with two attached hydrogens (primary N) is 2. The van der Waals surface area contributed by atoms with Crippen LogP contribution in [0.25, 0.3) is 22.5 Å². The summed E-state index contributed by atoms with van der Waals surface area (Å²) in [4.78, 5) is 8.89. The van der Waals surface area contributed by atoms with Gasteiger partial charge < -0.3 is 11.5 Å². The molecule has 1 heterocycles. The number of hydrogen-bond donors (Lipinski definition) is 2. The second-order valence-corrected chi connectivity index (χ2v) is 4.50. The summed E-state index contributed by atoms with van der Waals surface area (Å²) < 4.78 is 0. The third kappa shape index (κ3) is 2.31. The van der Waals surface area contributed by atoms with Crippen molar-refractivity contribution in [3.63, 3.8) is 0 Å². The Bertz CT molecular complexity index is 654. The average Bonchev–Trinajstić information content (AvgIpc) is 2.49. The van der Waals surface area contributed by atoms with Gasteiger partial charge in [-0.15, -0.1) is 0 Å². The largest absolute Gasteiger partial charge is 0.399 e. The highest BCUT2D eigenvalue weighted by Gasteiger charge is 2.09. The lowest BCUT2D eigenvalue weighted by Gasteiger charge is -2.08. The van der Waals surface area contributed by atoms with Crippen LogP contribution in [-0.4, -0.2) is 9.97 Å². The Balaban J connectivity index is 2.13.